The average molecular weight is 327 g/mol. The summed E-state index contributed by atoms with van der Waals surface area (Å²) in [5.74, 6) is 0.771. The lowest BCUT2D eigenvalue weighted by Gasteiger charge is -2.13. The zero-order valence-electron chi connectivity index (χ0n) is 12.3. The number of sulfone groups is 1. The van der Waals surface area contributed by atoms with Crippen molar-refractivity contribution < 1.29 is 13.2 Å². The third-order valence-electron chi connectivity index (χ3n) is 3.29. The van der Waals surface area contributed by atoms with Gasteiger partial charge in [-0.15, -0.1) is 11.8 Å². The number of rotatable bonds is 5. The molecule has 1 aliphatic heterocycles. The quantitative estimate of drug-likeness (QED) is 0.902. The van der Waals surface area contributed by atoms with Crippen LogP contribution in [0.4, 0.5) is 0 Å². The molecular weight excluding hydrogens is 306 g/mol. The van der Waals surface area contributed by atoms with E-state index >= 15 is 0 Å². The Bertz CT molecular complexity index is 611. The van der Waals surface area contributed by atoms with Crippen LogP contribution in [-0.2, 0) is 9.84 Å². The fourth-order valence-electron chi connectivity index (χ4n) is 2.18. The highest BCUT2D eigenvalue weighted by atomic mass is 32.2. The average Bonchev–Trinajstić information content (AvgIpc) is 2.76. The molecule has 1 aromatic rings. The highest BCUT2D eigenvalue weighted by Crippen LogP contribution is 2.32. The van der Waals surface area contributed by atoms with Crippen molar-refractivity contribution in [2.75, 3.05) is 18.1 Å². The monoisotopic (exact) mass is 327 g/mol. The molecule has 1 N–H and O–H groups in total. The van der Waals surface area contributed by atoms with Gasteiger partial charge in [0.15, 0.2) is 9.84 Å². The summed E-state index contributed by atoms with van der Waals surface area (Å²) in [7, 11) is -2.89. The summed E-state index contributed by atoms with van der Waals surface area (Å²) in [6.45, 7) is 4.73. The third kappa shape index (κ3) is 4.74. The SMILES string of the molecule is CC(C)CNC(=O)c1ccccc1S[C@@H]1CCS(=O)(=O)C1. The van der Waals surface area contributed by atoms with Crippen LogP contribution in [0.1, 0.15) is 30.6 Å². The van der Waals surface area contributed by atoms with Gasteiger partial charge in [0, 0.05) is 16.7 Å². The van der Waals surface area contributed by atoms with E-state index in [1.54, 1.807) is 6.07 Å². The molecule has 1 aliphatic rings. The molecule has 0 saturated carbocycles. The summed E-state index contributed by atoms with van der Waals surface area (Å²) >= 11 is 1.50. The summed E-state index contributed by atoms with van der Waals surface area (Å²) in [5.41, 5.74) is 0.632. The summed E-state index contributed by atoms with van der Waals surface area (Å²) in [4.78, 5) is 13.1. The molecule has 1 heterocycles. The molecular formula is C15H21NO3S2. The van der Waals surface area contributed by atoms with Gasteiger partial charge >= 0.3 is 0 Å². The van der Waals surface area contributed by atoms with Crippen LogP contribution in [0.5, 0.6) is 0 Å². The zero-order chi connectivity index (χ0) is 15.5. The maximum absolute atomic E-state index is 12.2. The molecule has 0 unspecified atom stereocenters. The number of carbonyl (C=O) groups is 1. The van der Waals surface area contributed by atoms with Gasteiger partial charge in [0.2, 0.25) is 0 Å². The Morgan fingerprint density at radius 3 is 2.71 bits per heavy atom. The van der Waals surface area contributed by atoms with Crippen LogP contribution < -0.4 is 5.32 Å². The molecule has 0 aromatic heterocycles. The van der Waals surface area contributed by atoms with Crippen molar-refractivity contribution in [3.8, 4) is 0 Å². The van der Waals surface area contributed by atoms with Gasteiger partial charge in [0.1, 0.15) is 0 Å². The molecule has 21 heavy (non-hydrogen) atoms. The first-order chi connectivity index (χ1) is 9.87. The molecule has 1 aromatic carbocycles. The number of hydrogen-bond donors (Lipinski definition) is 1. The molecule has 1 atom stereocenters. The molecule has 1 amide bonds. The Morgan fingerprint density at radius 2 is 2.10 bits per heavy atom. The molecule has 1 fully saturated rings. The van der Waals surface area contributed by atoms with E-state index in [0.717, 1.165) is 4.90 Å². The van der Waals surface area contributed by atoms with Gasteiger partial charge in [-0.05, 0) is 24.5 Å². The number of amides is 1. The van der Waals surface area contributed by atoms with Crippen molar-refractivity contribution in [2.45, 2.75) is 30.4 Å². The molecule has 6 heteroatoms. The van der Waals surface area contributed by atoms with Gasteiger partial charge in [-0.1, -0.05) is 26.0 Å². The van der Waals surface area contributed by atoms with E-state index in [-0.39, 0.29) is 22.7 Å². The molecule has 2 rings (SSSR count). The fraction of sp³-hybridized carbons (Fsp3) is 0.533. The highest BCUT2D eigenvalue weighted by molar-refractivity contribution is 8.02. The first kappa shape index (κ1) is 16.4. The van der Waals surface area contributed by atoms with Gasteiger partial charge < -0.3 is 5.32 Å². The standard InChI is InChI=1S/C15H21NO3S2/c1-11(2)9-16-15(17)13-5-3-4-6-14(13)20-12-7-8-21(18,19)10-12/h3-6,11-12H,7-10H2,1-2H3,(H,16,17)/t12-/m1/s1. The lowest BCUT2D eigenvalue weighted by Crippen LogP contribution is -2.27. The van der Waals surface area contributed by atoms with E-state index in [9.17, 15) is 13.2 Å². The Kier molecular flexibility index (Phi) is 5.32. The van der Waals surface area contributed by atoms with E-state index in [4.69, 9.17) is 0 Å². The topological polar surface area (TPSA) is 63.2 Å². The lowest BCUT2D eigenvalue weighted by atomic mass is 10.2. The number of benzene rings is 1. The normalized spacial score (nSPS) is 20.6. The van der Waals surface area contributed by atoms with Crippen molar-refractivity contribution in [1.29, 1.82) is 0 Å². The van der Waals surface area contributed by atoms with Crippen LogP contribution in [0.3, 0.4) is 0 Å². The molecule has 0 aliphatic carbocycles. The highest BCUT2D eigenvalue weighted by Gasteiger charge is 2.29. The maximum Gasteiger partial charge on any atom is 0.252 e. The number of hydrogen-bond acceptors (Lipinski definition) is 4. The molecule has 0 spiro atoms. The Balaban J connectivity index is 2.08. The van der Waals surface area contributed by atoms with E-state index in [2.05, 4.69) is 5.32 Å². The molecule has 116 valence electrons. The van der Waals surface area contributed by atoms with Crippen molar-refractivity contribution in [3.63, 3.8) is 0 Å². The van der Waals surface area contributed by atoms with Crippen molar-refractivity contribution in [1.82, 2.24) is 5.32 Å². The number of nitrogens with one attached hydrogen (secondary N) is 1. The van der Waals surface area contributed by atoms with E-state index in [1.807, 2.05) is 32.0 Å². The van der Waals surface area contributed by atoms with Gasteiger partial charge in [0.05, 0.1) is 17.1 Å². The van der Waals surface area contributed by atoms with Gasteiger partial charge in [-0.3, -0.25) is 4.79 Å². The van der Waals surface area contributed by atoms with Crippen LogP contribution in [0, 0.1) is 5.92 Å². The minimum Gasteiger partial charge on any atom is -0.352 e. The second-order valence-corrected chi connectivity index (χ2v) is 9.31. The van der Waals surface area contributed by atoms with Crippen LogP contribution in [0.15, 0.2) is 29.2 Å². The summed E-state index contributed by atoms with van der Waals surface area (Å²) in [6.07, 6.45) is 0.662. The molecule has 0 bridgehead atoms. The van der Waals surface area contributed by atoms with E-state index < -0.39 is 9.84 Å². The first-order valence-electron chi connectivity index (χ1n) is 7.11. The van der Waals surface area contributed by atoms with Gasteiger partial charge in [-0.25, -0.2) is 8.42 Å². The Labute approximate surface area is 130 Å². The van der Waals surface area contributed by atoms with Crippen molar-refractivity contribution in [2.24, 2.45) is 5.92 Å². The summed E-state index contributed by atoms with van der Waals surface area (Å²) in [5, 5.41) is 2.96. The second kappa shape index (κ2) is 6.83. The largest absolute Gasteiger partial charge is 0.352 e. The van der Waals surface area contributed by atoms with E-state index in [0.29, 0.717) is 24.4 Å². The van der Waals surface area contributed by atoms with Crippen molar-refractivity contribution >= 4 is 27.5 Å². The second-order valence-electron chi connectivity index (χ2n) is 5.74. The number of carbonyl (C=O) groups excluding carboxylic acids is 1. The maximum atomic E-state index is 12.2. The smallest absolute Gasteiger partial charge is 0.252 e. The van der Waals surface area contributed by atoms with Crippen LogP contribution in [0.25, 0.3) is 0 Å². The molecule has 4 nitrogen and oxygen atoms in total. The molecule has 1 saturated heterocycles. The van der Waals surface area contributed by atoms with Crippen LogP contribution in [-0.4, -0.2) is 37.6 Å². The summed E-state index contributed by atoms with van der Waals surface area (Å²) < 4.78 is 23.1. The predicted octanol–water partition coefficient (Wildman–Crippen LogP) is 2.35. The minimum atomic E-state index is -2.89. The first-order valence-corrected chi connectivity index (χ1v) is 9.82. The van der Waals surface area contributed by atoms with Gasteiger partial charge in [-0.2, -0.15) is 0 Å². The van der Waals surface area contributed by atoms with Gasteiger partial charge in [0.25, 0.3) is 5.91 Å². The Morgan fingerprint density at radius 1 is 1.38 bits per heavy atom. The van der Waals surface area contributed by atoms with Crippen LogP contribution in [0.2, 0.25) is 0 Å². The lowest BCUT2D eigenvalue weighted by molar-refractivity contribution is 0.0946. The summed E-state index contributed by atoms with van der Waals surface area (Å²) in [6, 6.07) is 7.39. The fourth-order valence-corrected chi connectivity index (χ4v) is 5.81. The van der Waals surface area contributed by atoms with Crippen LogP contribution >= 0.6 is 11.8 Å². The minimum absolute atomic E-state index is 0.0500. The van der Waals surface area contributed by atoms with E-state index in [1.165, 1.54) is 11.8 Å². The zero-order valence-corrected chi connectivity index (χ0v) is 14.0. The third-order valence-corrected chi connectivity index (χ3v) is 6.61. The van der Waals surface area contributed by atoms with Crippen molar-refractivity contribution in [3.05, 3.63) is 29.8 Å². The molecule has 0 radical (unpaired) electrons. The number of thioether (sulfide) groups is 1. The Hall–Kier alpha value is -1.01. The predicted molar refractivity (Wildman–Crippen MR) is 86.5 cm³/mol.